The summed E-state index contributed by atoms with van der Waals surface area (Å²) in [7, 11) is 0. The summed E-state index contributed by atoms with van der Waals surface area (Å²) in [6, 6.07) is 4.28. The second kappa shape index (κ2) is 8.76. The molecule has 0 amide bonds. The topological polar surface area (TPSA) is 44.8 Å². The van der Waals surface area contributed by atoms with E-state index in [1.54, 1.807) is 6.08 Å². The molecule has 1 saturated carbocycles. The van der Waals surface area contributed by atoms with Crippen molar-refractivity contribution in [2.24, 2.45) is 11.3 Å². The number of rotatable bonds is 6. The Morgan fingerprint density at radius 2 is 1.78 bits per heavy atom. The zero-order valence-corrected chi connectivity index (χ0v) is 20.8. The van der Waals surface area contributed by atoms with E-state index >= 15 is 0 Å². The number of fused-ring (bicyclic) bond motifs is 1. The number of ketones is 1. The van der Waals surface area contributed by atoms with Gasteiger partial charge >= 0.3 is 0 Å². The largest absolute Gasteiger partial charge is 0.495 e. The second-order valence-electron chi connectivity index (χ2n) is 11.2. The number of aryl methyl sites for hydroxylation is 1. The SMILES string of the molecule is CC(C)OC1=CC(=O)C(CCc2ccc3c(c2C(C)C)OC2(CCCCC2)O3)C(C)(C)C1. The molecule has 4 rings (SSSR count). The van der Waals surface area contributed by atoms with E-state index in [1.165, 1.54) is 17.5 Å². The maximum absolute atomic E-state index is 13.0. The molecule has 0 aromatic heterocycles. The van der Waals surface area contributed by atoms with Crippen molar-refractivity contribution in [1.29, 1.82) is 0 Å². The Kier molecular flexibility index (Phi) is 6.35. The number of hydrogen-bond acceptors (Lipinski definition) is 4. The molecule has 1 atom stereocenters. The molecule has 4 heteroatoms. The summed E-state index contributed by atoms with van der Waals surface area (Å²) in [5.74, 6) is 2.75. The molecule has 32 heavy (non-hydrogen) atoms. The van der Waals surface area contributed by atoms with Gasteiger partial charge in [0.1, 0.15) is 5.76 Å². The maximum atomic E-state index is 13.0. The van der Waals surface area contributed by atoms with Gasteiger partial charge in [0, 0.05) is 36.8 Å². The van der Waals surface area contributed by atoms with Crippen LogP contribution in [0, 0.1) is 11.3 Å². The molecule has 4 nitrogen and oxygen atoms in total. The zero-order valence-electron chi connectivity index (χ0n) is 20.8. The number of benzene rings is 1. The highest BCUT2D eigenvalue weighted by atomic mass is 16.7. The third kappa shape index (κ3) is 4.56. The van der Waals surface area contributed by atoms with Crippen molar-refractivity contribution < 1.29 is 19.0 Å². The van der Waals surface area contributed by atoms with Gasteiger partial charge in [-0.25, -0.2) is 0 Å². The van der Waals surface area contributed by atoms with Crippen LogP contribution in [-0.4, -0.2) is 17.7 Å². The Morgan fingerprint density at radius 3 is 2.41 bits per heavy atom. The quantitative estimate of drug-likeness (QED) is 0.473. The highest BCUT2D eigenvalue weighted by molar-refractivity contribution is 5.93. The molecule has 176 valence electrons. The van der Waals surface area contributed by atoms with Crippen LogP contribution in [0.3, 0.4) is 0 Å². The predicted octanol–water partition coefficient (Wildman–Crippen LogP) is 7.10. The van der Waals surface area contributed by atoms with Gasteiger partial charge in [0.2, 0.25) is 0 Å². The van der Waals surface area contributed by atoms with Crippen molar-refractivity contribution in [3.63, 3.8) is 0 Å². The first-order valence-corrected chi connectivity index (χ1v) is 12.5. The van der Waals surface area contributed by atoms with Gasteiger partial charge in [-0.15, -0.1) is 0 Å². The summed E-state index contributed by atoms with van der Waals surface area (Å²) < 4.78 is 18.8. The summed E-state index contributed by atoms with van der Waals surface area (Å²) in [6.45, 7) is 12.9. The van der Waals surface area contributed by atoms with E-state index in [0.29, 0.717) is 5.92 Å². The van der Waals surface area contributed by atoms with Crippen LogP contribution in [0.25, 0.3) is 0 Å². The van der Waals surface area contributed by atoms with Crippen LogP contribution < -0.4 is 9.47 Å². The van der Waals surface area contributed by atoms with Gasteiger partial charge in [0.15, 0.2) is 17.3 Å². The van der Waals surface area contributed by atoms with Gasteiger partial charge in [-0.1, -0.05) is 40.2 Å². The van der Waals surface area contributed by atoms with E-state index in [1.807, 2.05) is 13.8 Å². The zero-order chi connectivity index (χ0) is 23.1. The van der Waals surface area contributed by atoms with Crippen LogP contribution in [0.15, 0.2) is 24.0 Å². The molecule has 1 unspecified atom stereocenters. The Morgan fingerprint density at radius 1 is 1.06 bits per heavy atom. The lowest BCUT2D eigenvalue weighted by Gasteiger charge is -2.37. The molecule has 0 bridgehead atoms. The Balaban J connectivity index is 1.54. The molecule has 1 heterocycles. The van der Waals surface area contributed by atoms with Crippen LogP contribution in [0.2, 0.25) is 0 Å². The minimum absolute atomic E-state index is 0.00265. The average Bonchev–Trinajstić information content (AvgIpc) is 3.03. The predicted molar refractivity (Wildman–Crippen MR) is 127 cm³/mol. The van der Waals surface area contributed by atoms with E-state index in [0.717, 1.165) is 62.2 Å². The van der Waals surface area contributed by atoms with Crippen LogP contribution >= 0.6 is 0 Å². The minimum atomic E-state index is -0.457. The van der Waals surface area contributed by atoms with E-state index in [9.17, 15) is 4.79 Å². The third-order valence-electron chi connectivity index (χ3n) is 7.34. The van der Waals surface area contributed by atoms with Crippen molar-refractivity contribution in [2.75, 3.05) is 0 Å². The van der Waals surface area contributed by atoms with Crippen molar-refractivity contribution in [2.45, 2.75) is 111 Å². The van der Waals surface area contributed by atoms with E-state index < -0.39 is 5.79 Å². The van der Waals surface area contributed by atoms with Crippen molar-refractivity contribution >= 4 is 5.78 Å². The fraction of sp³-hybridized carbons (Fsp3) is 0.679. The molecule has 0 saturated heterocycles. The number of ether oxygens (including phenoxy) is 3. The Bertz CT molecular complexity index is 887. The lowest BCUT2D eigenvalue weighted by molar-refractivity contribution is -0.123. The molecule has 0 N–H and O–H groups in total. The average molecular weight is 441 g/mol. The molecule has 0 radical (unpaired) electrons. The summed E-state index contributed by atoms with van der Waals surface area (Å²) in [5.41, 5.74) is 2.42. The van der Waals surface area contributed by atoms with Gasteiger partial charge in [-0.3, -0.25) is 4.79 Å². The highest BCUT2D eigenvalue weighted by Gasteiger charge is 2.44. The number of allylic oxidation sites excluding steroid dienone is 2. The second-order valence-corrected chi connectivity index (χ2v) is 11.2. The summed E-state index contributed by atoms with van der Waals surface area (Å²) in [5, 5.41) is 0. The van der Waals surface area contributed by atoms with Gasteiger partial charge in [-0.2, -0.15) is 0 Å². The van der Waals surface area contributed by atoms with Crippen molar-refractivity contribution in [1.82, 2.24) is 0 Å². The molecule has 1 fully saturated rings. The van der Waals surface area contributed by atoms with Crippen LogP contribution in [0.5, 0.6) is 11.5 Å². The lowest BCUT2D eigenvalue weighted by Crippen LogP contribution is -2.40. The third-order valence-corrected chi connectivity index (χ3v) is 7.34. The molecule has 3 aliphatic rings. The number of carbonyl (C=O) groups is 1. The first-order valence-electron chi connectivity index (χ1n) is 12.5. The highest BCUT2D eigenvalue weighted by Crippen LogP contribution is 2.50. The molecular weight excluding hydrogens is 400 g/mol. The van der Waals surface area contributed by atoms with Crippen molar-refractivity contribution in [3.8, 4) is 11.5 Å². The fourth-order valence-electron chi connectivity index (χ4n) is 5.84. The summed E-state index contributed by atoms with van der Waals surface area (Å²) in [6.07, 6.45) is 9.85. The molecule has 1 spiro atoms. The number of carbonyl (C=O) groups excluding carboxylic acids is 1. The van der Waals surface area contributed by atoms with Gasteiger partial charge in [0.05, 0.1) is 6.10 Å². The van der Waals surface area contributed by atoms with Crippen LogP contribution in [0.4, 0.5) is 0 Å². The molecule has 1 aliphatic heterocycles. The first-order chi connectivity index (χ1) is 15.1. The molecule has 2 aliphatic carbocycles. The standard InChI is InChI=1S/C28H40O4/c1-18(2)25-20(11-13-24-26(25)32-28(31-24)14-8-7-9-15-28)10-12-22-23(29)16-21(30-19(3)4)17-27(22,5)6/h11,13,16,18-19,22H,7-10,12,14-15,17H2,1-6H3. The summed E-state index contributed by atoms with van der Waals surface area (Å²) in [4.78, 5) is 13.0. The summed E-state index contributed by atoms with van der Waals surface area (Å²) >= 11 is 0. The van der Waals surface area contributed by atoms with Gasteiger partial charge in [0.25, 0.3) is 5.79 Å². The lowest BCUT2D eigenvalue weighted by atomic mass is 9.68. The van der Waals surface area contributed by atoms with E-state index in [4.69, 9.17) is 14.2 Å². The Hall–Kier alpha value is -1.97. The monoisotopic (exact) mass is 440 g/mol. The van der Waals surface area contributed by atoms with Crippen molar-refractivity contribution in [3.05, 3.63) is 35.1 Å². The smallest absolute Gasteiger partial charge is 0.251 e. The van der Waals surface area contributed by atoms with E-state index in [2.05, 4.69) is 39.8 Å². The fourth-order valence-corrected chi connectivity index (χ4v) is 5.84. The minimum Gasteiger partial charge on any atom is -0.495 e. The Labute approximate surface area is 193 Å². The first kappa shape index (κ1) is 23.2. The van der Waals surface area contributed by atoms with Gasteiger partial charge in [-0.05, 0) is 62.5 Å². The number of hydrogen-bond donors (Lipinski definition) is 0. The van der Waals surface area contributed by atoms with Crippen LogP contribution in [0.1, 0.15) is 104 Å². The van der Waals surface area contributed by atoms with E-state index in [-0.39, 0.29) is 23.2 Å². The maximum Gasteiger partial charge on any atom is 0.251 e. The molecular formula is C28H40O4. The molecule has 1 aromatic carbocycles. The van der Waals surface area contributed by atoms with Crippen LogP contribution in [-0.2, 0) is 16.0 Å². The van der Waals surface area contributed by atoms with Gasteiger partial charge < -0.3 is 14.2 Å². The normalized spacial score (nSPS) is 23.7. The molecule has 1 aromatic rings.